The summed E-state index contributed by atoms with van der Waals surface area (Å²) in [5.41, 5.74) is 5.69. The van der Waals surface area contributed by atoms with Gasteiger partial charge >= 0.3 is 0 Å². The van der Waals surface area contributed by atoms with Crippen LogP contribution in [0.4, 0.5) is 23.3 Å². The molecular formula is C25H25N9O. The minimum absolute atomic E-state index is 0.143. The molecule has 0 bridgehead atoms. The average Bonchev–Trinajstić information content (AvgIpc) is 3.44. The van der Waals surface area contributed by atoms with E-state index >= 15 is 0 Å². The van der Waals surface area contributed by atoms with Crippen molar-refractivity contribution in [2.75, 3.05) is 17.2 Å². The molecule has 0 saturated carbocycles. The van der Waals surface area contributed by atoms with Gasteiger partial charge in [-0.15, -0.1) is 0 Å². The van der Waals surface area contributed by atoms with Crippen LogP contribution in [0.2, 0.25) is 0 Å². The van der Waals surface area contributed by atoms with E-state index in [0.29, 0.717) is 17.2 Å². The molecule has 10 nitrogen and oxygen atoms in total. The highest BCUT2D eigenvalue weighted by Crippen LogP contribution is 2.29. The number of hydrogen-bond donors (Lipinski definition) is 5. The van der Waals surface area contributed by atoms with Crippen LogP contribution in [0.3, 0.4) is 0 Å². The highest BCUT2D eigenvalue weighted by molar-refractivity contribution is 5.82. The van der Waals surface area contributed by atoms with Crippen LogP contribution in [-0.2, 0) is 19.5 Å². The third-order valence-corrected chi connectivity index (χ3v) is 6.18. The Balaban J connectivity index is 1.33. The van der Waals surface area contributed by atoms with Gasteiger partial charge in [-0.2, -0.15) is 10.1 Å². The first-order chi connectivity index (χ1) is 17.1. The number of benzene rings is 2. The SMILES string of the molecule is Cc1cc(Nc2nc(Nc3ccc4c(=O)[nH][nH]c4c3)nc3c2CCN(Cc2ccccc2)C3)n[nH]1. The maximum Gasteiger partial charge on any atom is 0.271 e. The zero-order chi connectivity index (χ0) is 23.8. The van der Waals surface area contributed by atoms with Crippen molar-refractivity contribution in [3.8, 4) is 0 Å². The molecule has 1 aliphatic heterocycles. The van der Waals surface area contributed by atoms with Crippen LogP contribution in [0.15, 0.2) is 59.4 Å². The maximum atomic E-state index is 11.8. The molecule has 0 amide bonds. The Morgan fingerprint density at radius 1 is 1.03 bits per heavy atom. The first-order valence-electron chi connectivity index (χ1n) is 11.5. The van der Waals surface area contributed by atoms with Crippen molar-refractivity contribution >= 4 is 34.2 Å². The average molecular weight is 468 g/mol. The van der Waals surface area contributed by atoms with Crippen LogP contribution >= 0.6 is 0 Å². The second-order valence-corrected chi connectivity index (χ2v) is 8.79. The smallest absolute Gasteiger partial charge is 0.271 e. The van der Waals surface area contributed by atoms with Crippen LogP contribution in [0, 0.1) is 6.92 Å². The van der Waals surface area contributed by atoms with Crippen LogP contribution in [-0.4, -0.2) is 41.8 Å². The highest BCUT2D eigenvalue weighted by Gasteiger charge is 2.23. The fourth-order valence-electron chi connectivity index (χ4n) is 4.47. The van der Waals surface area contributed by atoms with Crippen molar-refractivity contribution in [2.45, 2.75) is 26.4 Å². The number of aryl methyl sites for hydroxylation is 1. The van der Waals surface area contributed by atoms with Crippen molar-refractivity contribution in [2.24, 2.45) is 0 Å². The van der Waals surface area contributed by atoms with Crippen molar-refractivity contribution in [1.29, 1.82) is 0 Å². The fourth-order valence-corrected chi connectivity index (χ4v) is 4.47. The molecule has 6 rings (SSSR count). The third-order valence-electron chi connectivity index (χ3n) is 6.18. The zero-order valence-corrected chi connectivity index (χ0v) is 19.2. The molecular weight excluding hydrogens is 442 g/mol. The molecule has 35 heavy (non-hydrogen) atoms. The minimum atomic E-state index is -0.143. The Labute approximate surface area is 200 Å². The molecule has 2 aromatic carbocycles. The Morgan fingerprint density at radius 2 is 1.91 bits per heavy atom. The molecule has 5 N–H and O–H groups in total. The summed E-state index contributed by atoms with van der Waals surface area (Å²) in [5, 5.41) is 20.1. The van der Waals surface area contributed by atoms with Gasteiger partial charge in [0.1, 0.15) is 5.82 Å². The zero-order valence-electron chi connectivity index (χ0n) is 19.2. The van der Waals surface area contributed by atoms with E-state index in [1.54, 1.807) is 6.07 Å². The number of nitrogens with zero attached hydrogens (tertiary/aromatic N) is 4. The number of H-pyrrole nitrogens is 3. The lowest BCUT2D eigenvalue weighted by Gasteiger charge is -2.29. The van der Waals surface area contributed by atoms with Crippen LogP contribution in [0.1, 0.15) is 22.5 Å². The van der Waals surface area contributed by atoms with E-state index in [1.807, 2.05) is 31.2 Å². The summed E-state index contributed by atoms with van der Waals surface area (Å²) >= 11 is 0. The number of nitrogens with one attached hydrogen (secondary N) is 5. The summed E-state index contributed by atoms with van der Waals surface area (Å²) in [6, 6.07) is 17.9. The van der Waals surface area contributed by atoms with Gasteiger partial charge in [-0.25, -0.2) is 4.98 Å². The Kier molecular flexibility index (Phi) is 5.27. The molecule has 4 heterocycles. The van der Waals surface area contributed by atoms with Crippen molar-refractivity contribution in [3.63, 3.8) is 0 Å². The van der Waals surface area contributed by atoms with E-state index in [1.165, 1.54) is 5.56 Å². The normalized spacial score (nSPS) is 13.6. The Morgan fingerprint density at radius 3 is 2.74 bits per heavy atom. The summed E-state index contributed by atoms with van der Waals surface area (Å²) in [6.45, 7) is 4.47. The van der Waals surface area contributed by atoms with Gasteiger partial charge in [-0.1, -0.05) is 30.3 Å². The lowest BCUT2D eigenvalue weighted by Crippen LogP contribution is -2.31. The van der Waals surface area contributed by atoms with Gasteiger partial charge in [0, 0.05) is 42.6 Å². The standard InChI is InChI=1S/C25H25N9O/c1-15-11-22(32-30-15)28-23-18-9-10-34(13-16-5-3-2-4-6-16)14-21(18)27-25(29-23)26-17-7-8-19-20(12-17)31-33-24(19)35/h2-8,11-12H,9-10,13-14H2,1H3,(H2,31,33,35)(H3,26,27,28,29,30,32). The van der Waals surface area contributed by atoms with Crippen LogP contribution in [0.25, 0.3) is 10.9 Å². The monoisotopic (exact) mass is 467 g/mol. The van der Waals surface area contributed by atoms with Gasteiger partial charge in [0.25, 0.3) is 5.56 Å². The second kappa shape index (κ2) is 8.73. The van der Waals surface area contributed by atoms with E-state index in [4.69, 9.17) is 9.97 Å². The molecule has 176 valence electrons. The maximum absolute atomic E-state index is 11.8. The molecule has 0 fully saturated rings. The first kappa shape index (κ1) is 21.1. The Bertz CT molecular complexity index is 1550. The quantitative estimate of drug-likeness (QED) is 0.257. The van der Waals surface area contributed by atoms with E-state index in [-0.39, 0.29) is 5.56 Å². The number of hydrogen-bond acceptors (Lipinski definition) is 7. The van der Waals surface area contributed by atoms with E-state index in [9.17, 15) is 4.79 Å². The molecule has 5 aromatic rings. The van der Waals surface area contributed by atoms with Gasteiger partial charge in [-0.3, -0.25) is 25.0 Å². The van der Waals surface area contributed by atoms with Gasteiger partial charge in [-0.05, 0) is 37.1 Å². The summed E-state index contributed by atoms with van der Waals surface area (Å²) in [5.74, 6) is 1.95. The summed E-state index contributed by atoms with van der Waals surface area (Å²) in [7, 11) is 0. The van der Waals surface area contributed by atoms with E-state index < -0.39 is 0 Å². The molecule has 3 aromatic heterocycles. The van der Waals surface area contributed by atoms with Crippen LogP contribution < -0.4 is 16.2 Å². The van der Waals surface area contributed by atoms with E-state index in [2.05, 4.69) is 60.2 Å². The minimum Gasteiger partial charge on any atom is -0.324 e. The summed E-state index contributed by atoms with van der Waals surface area (Å²) in [4.78, 5) is 23.9. The molecule has 0 saturated heterocycles. The van der Waals surface area contributed by atoms with Crippen molar-refractivity contribution < 1.29 is 0 Å². The third kappa shape index (κ3) is 4.38. The van der Waals surface area contributed by atoms with Crippen molar-refractivity contribution in [1.82, 2.24) is 35.3 Å². The fraction of sp³-hybridized carbons (Fsp3) is 0.200. The molecule has 0 spiro atoms. The van der Waals surface area contributed by atoms with Crippen molar-refractivity contribution in [3.05, 3.63) is 87.5 Å². The number of aromatic nitrogens is 6. The number of anilines is 4. The number of aromatic amines is 3. The summed E-state index contributed by atoms with van der Waals surface area (Å²) in [6.07, 6.45) is 0.838. The van der Waals surface area contributed by atoms with Gasteiger partial charge in [0.05, 0.1) is 16.6 Å². The molecule has 0 atom stereocenters. The lowest BCUT2D eigenvalue weighted by molar-refractivity contribution is 0.241. The number of rotatable bonds is 6. The molecule has 0 radical (unpaired) electrons. The number of fused-ring (bicyclic) bond motifs is 2. The topological polar surface area (TPSA) is 130 Å². The predicted molar refractivity (Wildman–Crippen MR) is 135 cm³/mol. The molecule has 0 aliphatic carbocycles. The van der Waals surface area contributed by atoms with Crippen LogP contribution in [0.5, 0.6) is 0 Å². The lowest BCUT2D eigenvalue weighted by atomic mass is 10.0. The van der Waals surface area contributed by atoms with Gasteiger partial charge in [0.2, 0.25) is 5.95 Å². The largest absolute Gasteiger partial charge is 0.324 e. The molecule has 1 aliphatic rings. The van der Waals surface area contributed by atoms with Gasteiger partial charge in [0.15, 0.2) is 5.82 Å². The highest BCUT2D eigenvalue weighted by atomic mass is 16.1. The van der Waals surface area contributed by atoms with Gasteiger partial charge < -0.3 is 10.6 Å². The molecule has 0 unspecified atom stereocenters. The summed E-state index contributed by atoms with van der Waals surface area (Å²) < 4.78 is 0. The first-order valence-corrected chi connectivity index (χ1v) is 11.5. The Hall–Kier alpha value is -4.44. The van der Waals surface area contributed by atoms with E-state index in [0.717, 1.165) is 60.0 Å². The predicted octanol–water partition coefficient (Wildman–Crippen LogP) is 3.72. The molecule has 10 heteroatoms. The second-order valence-electron chi connectivity index (χ2n) is 8.79.